The molecule has 0 radical (unpaired) electrons. The van der Waals surface area contributed by atoms with Gasteiger partial charge in [-0.2, -0.15) is 0 Å². The maximum Gasteiger partial charge on any atom is 0.308 e. The topological polar surface area (TPSA) is 18.5 Å². The number of ether oxygens (including phenoxy) is 1. The Bertz CT molecular complexity index is 497. The lowest BCUT2D eigenvalue weighted by molar-refractivity contribution is 0.336. The van der Waals surface area contributed by atoms with E-state index in [2.05, 4.69) is 29.9 Å². The fourth-order valence-electron chi connectivity index (χ4n) is 1.92. The summed E-state index contributed by atoms with van der Waals surface area (Å²) in [4.78, 5) is 0. The Balaban J connectivity index is 2.49. The summed E-state index contributed by atoms with van der Waals surface area (Å²) in [5.41, 5.74) is 4.47. The van der Waals surface area contributed by atoms with Crippen molar-refractivity contribution >= 4 is 8.64 Å². The average molecular weight is 258 g/mol. The van der Waals surface area contributed by atoms with E-state index in [0.717, 1.165) is 17.5 Å². The molecule has 0 amide bonds. The van der Waals surface area contributed by atoms with E-state index < -0.39 is 8.64 Å². The first-order valence-corrected chi connectivity index (χ1v) is 7.79. The predicted molar refractivity (Wildman–Crippen MR) is 76.1 cm³/mol. The molecule has 0 unspecified atom stereocenters. The predicted octanol–water partition coefficient (Wildman–Crippen LogP) is 3.23. The first-order valence-electron chi connectivity index (χ1n) is 6.30. The van der Waals surface area contributed by atoms with Crippen molar-refractivity contribution in [3.05, 3.63) is 48.1 Å². The second-order valence-electron chi connectivity index (χ2n) is 3.86. The maximum absolute atomic E-state index is 5.83. The Morgan fingerprint density at radius 2 is 1.72 bits per heavy atom. The molecule has 18 heavy (non-hydrogen) atoms. The first-order chi connectivity index (χ1) is 8.86. The number of hydrogen-bond acceptors (Lipinski definition) is 2. The van der Waals surface area contributed by atoms with Gasteiger partial charge >= 0.3 is 8.64 Å². The van der Waals surface area contributed by atoms with Gasteiger partial charge in [0.1, 0.15) is 5.36 Å². The van der Waals surface area contributed by atoms with Crippen molar-refractivity contribution in [3.63, 3.8) is 0 Å². The minimum absolute atomic E-state index is 0.675. The van der Waals surface area contributed by atoms with Gasteiger partial charge in [-0.3, -0.25) is 0 Å². The molecular weight excluding hydrogens is 240 g/mol. The highest BCUT2D eigenvalue weighted by Crippen LogP contribution is 2.28. The first kappa shape index (κ1) is 12.8. The zero-order valence-electron chi connectivity index (χ0n) is 10.8. The lowest BCUT2D eigenvalue weighted by Crippen LogP contribution is -2.16. The van der Waals surface area contributed by atoms with E-state index in [1.54, 1.807) is 0 Å². The summed E-state index contributed by atoms with van der Waals surface area (Å²) in [5, 5.41) is 1.01. The van der Waals surface area contributed by atoms with Crippen LogP contribution in [-0.2, 0) is 0 Å². The molecule has 0 aliphatic heterocycles. The SMILES string of the molecule is CCOc1c(-c2ccccc2)ccc[si]1OCC. The molecule has 2 rings (SSSR count). The second-order valence-corrected chi connectivity index (χ2v) is 5.67. The quantitative estimate of drug-likeness (QED) is 0.767. The molecule has 0 fully saturated rings. The summed E-state index contributed by atoms with van der Waals surface area (Å²) in [7, 11) is -1.15. The molecule has 0 bridgehead atoms. The Kier molecular flexibility index (Phi) is 4.53. The Hall–Kier alpha value is -1.61. The fourth-order valence-corrected chi connectivity index (χ4v) is 3.66. The highest BCUT2D eigenvalue weighted by Gasteiger charge is 2.13. The summed E-state index contributed by atoms with van der Waals surface area (Å²) in [6.07, 6.45) is 0. The average Bonchev–Trinajstić information content (AvgIpc) is 2.42. The van der Waals surface area contributed by atoms with E-state index in [4.69, 9.17) is 9.16 Å². The van der Waals surface area contributed by atoms with Gasteiger partial charge in [0, 0.05) is 5.56 Å². The summed E-state index contributed by atoms with van der Waals surface area (Å²) in [6.45, 7) is 5.43. The van der Waals surface area contributed by atoms with Crippen LogP contribution in [-0.4, -0.2) is 21.9 Å². The summed E-state index contributed by atoms with van der Waals surface area (Å²) < 4.78 is 11.6. The van der Waals surface area contributed by atoms with E-state index in [9.17, 15) is 0 Å². The van der Waals surface area contributed by atoms with Gasteiger partial charge in [-0.05, 0) is 25.1 Å². The normalized spacial score (nSPS) is 10.1. The van der Waals surface area contributed by atoms with Crippen molar-refractivity contribution in [2.45, 2.75) is 13.8 Å². The number of rotatable bonds is 5. The van der Waals surface area contributed by atoms with Gasteiger partial charge in [0.15, 0.2) is 0 Å². The van der Waals surface area contributed by atoms with Crippen molar-refractivity contribution in [1.82, 2.24) is 0 Å². The van der Waals surface area contributed by atoms with Gasteiger partial charge in [0.25, 0.3) is 0 Å². The molecule has 2 nitrogen and oxygen atoms in total. The molecule has 1 aromatic carbocycles. The van der Waals surface area contributed by atoms with Gasteiger partial charge in [-0.1, -0.05) is 42.5 Å². The fraction of sp³-hybridized carbons (Fsp3) is 0.267. The van der Waals surface area contributed by atoms with Crippen molar-refractivity contribution < 1.29 is 9.16 Å². The third kappa shape index (κ3) is 2.79. The van der Waals surface area contributed by atoms with E-state index >= 15 is 0 Å². The van der Waals surface area contributed by atoms with E-state index in [1.165, 1.54) is 5.56 Å². The van der Waals surface area contributed by atoms with E-state index in [-0.39, 0.29) is 0 Å². The standard InChI is InChI=1S/C15H18O2Si/c1-3-16-15-14(13-9-6-5-7-10-13)11-8-12-18(15)17-4-2/h5-12H,3-4H2,1-2H3. The summed E-state index contributed by atoms with van der Waals surface area (Å²) >= 11 is 0. The van der Waals surface area contributed by atoms with Crippen LogP contribution in [0.1, 0.15) is 13.8 Å². The van der Waals surface area contributed by atoms with E-state index in [0.29, 0.717) is 6.61 Å². The molecule has 94 valence electrons. The lowest BCUT2D eigenvalue weighted by Gasteiger charge is -2.14. The van der Waals surface area contributed by atoms with Gasteiger partial charge in [0.05, 0.1) is 13.2 Å². The zero-order chi connectivity index (χ0) is 12.8. The zero-order valence-corrected chi connectivity index (χ0v) is 11.8. The molecule has 3 heteroatoms. The van der Waals surface area contributed by atoms with Crippen LogP contribution in [0.2, 0.25) is 0 Å². The number of benzene rings is 1. The van der Waals surface area contributed by atoms with Gasteiger partial charge in [-0.25, -0.2) is 0 Å². The third-order valence-corrected chi connectivity index (χ3v) is 4.61. The van der Waals surface area contributed by atoms with Crippen molar-refractivity contribution in [3.8, 4) is 16.5 Å². The molecule has 0 aliphatic rings. The van der Waals surface area contributed by atoms with Gasteiger partial charge < -0.3 is 9.16 Å². The highest BCUT2D eigenvalue weighted by atomic mass is 28.3. The molecule has 0 saturated carbocycles. The van der Waals surface area contributed by atoms with Crippen molar-refractivity contribution in [1.29, 1.82) is 0 Å². The van der Waals surface area contributed by atoms with Crippen LogP contribution >= 0.6 is 0 Å². The molecule has 0 N–H and O–H groups in total. The lowest BCUT2D eigenvalue weighted by atomic mass is 10.1. The van der Waals surface area contributed by atoms with Crippen molar-refractivity contribution in [2.75, 3.05) is 13.2 Å². The minimum Gasteiger partial charge on any atom is -0.546 e. The van der Waals surface area contributed by atoms with Crippen LogP contribution in [0.25, 0.3) is 11.1 Å². The van der Waals surface area contributed by atoms with Gasteiger partial charge in [-0.15, -0.1) is 0 Å². The van der Waals surface area contributed by atoms with Crippen LogP contribution in [0, 0.1) is 0 Å². The molecule has 2 aromatic rings. The molecule has 1 aromatic heterocycles. The van der Waals surface area contributed by atoms with Crippen LogP contribution in [0.3, 0.4) is 0 Å². The molecule has 0 atom stereocenters. The maximum atomic E-state index is 5.83. The second kappa shape index (κ2) is 6.35. The molecule has 0 spiro atoms. The third-order valence-electron chi connectivity index (χ3n) is 2.65. The molecule has 0 saturated heterocycles. The van der Waals surface area contributed by atoms with Gasteiger partial charge in [0.2, 0.25) is 0 Å². The van der Waals surface area contributed by atoms with Crippen LogP contribution < -0.4 is 9.16 Å². The van der Waals surface area contributed by atoms with Crippen LogP contribution in [0.15, 0.2) is 48.1 Å². The minimum atomic E-state index is -1.15. The highest BCUT2D eigenvalue weighted by molar-refractivity contribution is 6.51. The Morgan fingerprint density at radius 1 is 0.944 bits per heavy atom. The Labute approximate surface area is 110 Å². The van der Waals surface area contributed by atoms with Crippen LogP contribution in [0.4, 0.5) is 0 Å². The Morgan fingerprint density at radius 3 is 2.39 bits per heavy atom. The smallest absolute Gasteiger partial charge is 0.308 e. The molecular formula is C15H18O2Si. The van der Waals surface area contributed by atoms with Crippen LogP contribution in [0.5, 0.6) is 5.36 Å². The number of hydrogen-bond donors (Lipinski definition) is 0. The van der Waals surface area contributed by atoms with Crippen molar-refractivity contribution in [2.24, 2.45) is 0 Å². The monoisotopic (exact) mass is 258 g/mol. The summed E-state index contributed by atoms with van der Waals surface area (Å²) in [6, 6.07) is 14.5. The molecule has 1 heterocycles. The van der Waals surface area contributed by atoms with E-state index in [1.807, 2.05) is 32.0 Å². The summed E-state index contributed by atoms with van der Waals surface area (Å²) in [5.74, 6) is 0. The molecule has 0 aliphatic carbocycles. The largest absolute Gasteiger partial charge is 0.546 e.